The van der Waals surface area contributed by atoms with Crippen LogP contribution >= 0.6 is 34.7 Å². The molecule has 142 valence electrons. The molecular formula is C22H20ClN3S2. The predicted molar refractivity (Wildman–Crippen MR) is 118 cm³/mol. The van der Waals surface area contributed by atoms with Crippen molar-refractivity contribution >= 4 is 34.7 Å². The monoisotopic (exact) mass is 425 g/mol. The van der Waals surface area contributed by atoms with E-state index in [4.69, 9.17) is 11.6 Å². The third-order valence-corrected chi connectivity index (χ3v) is 6.75. The van der Waals surface area contributed by atoms with Gasteiger partial charge in [0.15, 0.2) is 5.16 Å². The van der Waals surface area contributed by atoms with Crippen LogP contribution in [0.5, 0.6) is 0 Å². The second-order valence-corrected chi connectivity index (χ2v) is 8.80. The molecule has 0 spiro atoms. The van der Waals surface area contributed by atoms with Crippen molar-refractivity contribution in [2.75, 3.05) is 0 Å². The molecule has 0 amide bonds. The van der Waals surface area contributed by atoms with Crippen molar-refractivity contribution in [1.29, 1.82) is 0 Å². The standard InChI is InChI=1S/C22H20ClN3S2/c23-20-11-5-4-9-18(20)16-28-22-25-24-21(15-19-10-6-14-27-19)26(22)13-12-17-7-2-1-3-8-17/h1-11,14H,12-13,15-16H2. The summed E-state index contributed by atoms with van der Waals surface area (Å²) in [6.45, 7) is 0.864. The maximum atomic E-state index is 6.32. The number of nitrogens with zero attached hydrogens (tertiary/aromatic N) is 3. The lowest BCUT2D eigenvalue weighted by Crippen LogP contribution is -2.08. The zero-order valence-electron chi connectivity index (χ0n) is 15.3. The predicted octanol–water partition coefficient (Wildman–Crippen LogP) is 6.12. The van der Waals surface area contributed by atoms with Crippen molar-refractivity contribution in [3.05, 3.63) is 99.0 Å². The molecule has 4 rings (SSSR count). The van der Waals surface area contributed by atoms with Crippen molar-refractivity contribution in [3.8, 4) is 0 Å². The smallest absolute Gasteiger partial charge is 0.191 e. The maximum absolute atomic E-state index is 6.32. The Balaban J connectivity index is 1.54. The van der Waals surface area contributed by atoms with Gasteiger partial charge in [-0.3, -0.25) is 0 Å². The lowest BCUT2D eigenvalue weighted by molar-refractivity contribution is 0.610. The summed E-state index contributed by atoms with van der Waals surface area (Å²) in [5.41, 5.74) is 2.44. The van der Waals surface area contributed by atoms with E-state index in [1.165, 1.54) is 10.4 Å². The van der Waals surface area contributed by atoms with Gasteiger partial charge < -0.3 is 4.57 Å². The number of hydrogen-bond donors (Lipinski definition) is 0. The van der Waals surface area contributed by atoms with Crippen LogP contribution in [0.4, 0.5) is 0 Å². The zero-order chi connectivity index (χ0) is 19.2. The third-order valence-electron chi connectivity index (χ3n) is 4.49. The van der Waals surface area contributed by atoms with Crippen molar-refractivity contribution in [2.45, 2.75) is 30.3 Å². The fourth-order valence-corrected chi connectivity index (χ4v) is 4.96. The molecule has 0 bridgehead atoms. The molecule has 2 aromatic heterocycles. The minimum absolute atomic E-state index is 0.780. The summed E-state index contributed by atoms with van der Waals surface area (Å²) in [5.74, 6) is 1.79. The first kappa shape index (κ1) is 19.2. The molecule has 0 N–H and O–H groups in total. The van der Waals surface area contributed by atoms with Gasteiger partial charge in [0, 0.05) is 28.6 Å². The summed E-state index contributed by atoms with van der Waals surface area (Å²) in [5, 5.41) is 12.8. The van der Waals surface area contributed by atoms with Crippen LogP contribution in [-0.2, 0) is 25.1 Å². The summed E-state index contributed by atoms with van der Waals surface area (Å²) in [6.07, 6.45) is 1.77. The molecule has 0 aliphatic carbocycles. The molecule has 0 radical (unpaired) electrons. The molecule has 0 aliphatic heterocycles. The van der Waals surface area contributed by atoms with Crippen LogP contribution in [0.2, 0.25) is 5.02 Å². The summed E-state index contributed by atoms with van der Waals surface area (Å²) in [6, 6.07) is 22.8. The highest BCUT2D eigenvalue weighted by Crippen LogP contribution is 2.27. The second kappa shape index (κ2) is 9.41. The molecule has 0 aliphatic rings. The van der Waals surface area contributed by atoms with Gasteiger partial charge in [-0.05, 0) is 35.1 Å². The Morgan fingerprint density at radius 2 is 1.75 bits per heavy atom. The van der Waals surface area contributed by atoms with Crippen LogP contribution in [0.15, 0.2) is 77.3 Å². The average molecular weight is 426 g/mol. The molecule has 0 saturated carbocycles. The van der Waals surface area contributed by atoms with Crippen LogP contribution in [0.25, 0.3) is 0 Å². The van der Waals surface area contributed by atoms with Gasteiger partial charge in [0.25, 0.3) is 0 Å². The van der Waals surface area contributed by atoms with Crippen LogP contribution in [0.1, 0.15) is 21.8 Å². The summed E-state index contributed by atoms with van der Waals surface area (Å²) in [7, 11) is 0. The Labute approximate surface area is 178 Å². The van der Waals surface area contributed by atoms with Crippen molar-refractivity contribution in [2.24, 2.45) is 0 Å². The van der Waals surface area contributed by atoms with Gasteiger partial charge in [-0.25, -0.2) is 0 Å². The fraction of sp³-hybridized carbons (Fsp3) is 0.182. The molecule has 0 saturated heterocycles. The Bertz CT molecular complexity index is 1010. The van der Waals surface area contributed by atoms with Crippen LogP contribution in [-0.4, -0.2) is 14.8 Å². The largest absolute Gasteiger partial charge is 0.305 e. The Hall–Kier alpha value is -2.08. The highest BCUT2D eigenvalue weighted by atomic mass is 35.5. The van der Waals surface area contributed by atoms with E-state index < -0.39 is 0 Å². The highest BCUT2D eigenvalue weighted by molar-refractivity contribution is 7.98. The fourth-order valence-electron chi connectivity index (χ4n) is 2.99. The molecule has 6 heteroatoms. The molecular weight excluding hydrogens is 406 g/mol. The van der Waals surface area contributed by atoms with E-state index in [1.807, 2.05) is 18.2 Å². The molecule has 0 fully saturated rings. The van der Waals surface area contributed by atoms with Crippen LogP contribution in [0.3, 0.4) is 0 Å². The number of thioether (sulfide) groups is 1. The number of rotatable bonds is 8. The molecule has 2 aromatic carbocycles. The molecule has 0 unspecified atom stereocenters. The first-order valence-electron chi connectivity index (χ1n) is 9.14. The quantitative estimate of drug-likeness (QED) is 0.318. The van der Waals surface area contributed by atoms with Crippen molar-refractivity contribution in [1.82, 2.24) is 14.8 Å². The number of aryl methyl sites for hydroxylation is 1. The molecule has 28 heavy (non-hydrogen) atoms. The van der Waals surface area contributed by atoms with Crippen LogP contribution < -0.4 is 0 Å². The molecule has 0 atom stereocenters. The average Bonchev–Trinajstić information content (AvgIpc) is 3.37. The SMILES string of the molecule is Clc1ccccc1CSc1nnc(Cc2cccs2)n1CCc1ccccc1. The lowest BCUT2D eigenvalue weighted by Gasteiger charge is -2.10. The topological polar surface area (TPSA) is 30.7 Å². The van der Waals surface area contributed by atoms with E-state index in [2.05, 4.69) is 68.7 Å². The Morgan fingerprint density at radius 1 is 0.929 bits per heavy atom. The van der Waals surface area contributed by atoms with E-state index >= 15 is 0 Å². The first-order chi connectivity index (χ1) is 13.8. The maximum Gasteiger partial charge on any atom is 0.191 e. The number of hydrogen-bond acceptors (Lipinski definition) is 4. The van der Waals surface area contributed by atoms with Gasteiger partial charge >= 0.3 is 0 Å². The summed E-state index contributed by atoms with van der Waals surface area (Å²) >= 11 is 9.76. The second-order valence-electron chi connectivity index (χ2n) is 6.42. The summed E-state index contributed by atoms with van der Waals surface area (Å²) < 4.78 is 2.26. The Morgan fingerprint density at radius 3 is 2.54 bits per heavy atom. The zero-order valence-corrected chi connectivity index (χ0v) is 17.7. The van der Waals surface area contributed by atoms with Crippen molar-refractivity contribution < 1.29 is 0 Å². The third kappa shape index (κ3) is 4.85. The first-order valence-corrected chi connectivity index (χ1v) is 11.4. The van der Waals surface area contributed by atoms with E-state index in [9.17, 15) is 0 Å². The number of halogens is 1. The van der Waals surface area contributed by atoms with Gasteiger partial charge in [-0.2, -0.15) is 0 Å². The lowest BCUT2D eigenvalue weighted by atomic mass is 10.1. The normalized spacial score (nSPS) is 11.0. The van der Waals surface area contributed by atoms with E-state index in [0.717, 1.165) is 46.7 Å². The minimum atomic E-state index is 0.780. The molecule has 2 heterocycles. The van der Waals surface area contributed by atoms with E-state index in [0.29, 0.717) is 0 Å². The number of aromatic nitrogens is 3. The van der Waals surface area contributed by atoms with Crippen LogP contribution in [0, 0.1) is 0 Å². The van der Waals surface area contributed by atoms with Gasteiger partial charge in [-0.1, -0.05) is 78.0 Å². The highest BCUT2D eigenvalue weighted by Gasteiger charge is 2.14. The van der Waals surface area contributed by atoms with Gasteiger partial charge in [-0.15, -0.1) is 21.5 Å². The van der Waals surface area contributed by atoms with E-state index in [1.54, 1.807) is 23.1 Å². The molecule has 4 aromatic rings. The number of thiophene rings is 1. The number of benzene rings is 2. The van der Waals surface area contributed by atoms with Gasteiger partial charge in [0.1, 0.15) is 5.82 Å². The van der Waals surface area contributed by atoms with Gasteiger partial charge in [0.05, 0.1) is 0 Å². The minimum Gasteiger partial charge on any atom is -0.305 e. The molecule has 3 nitrogen and oxygen atoms in total. The van der Waals surface area contributed by atoms with Crippen molar-refractivity contribution in [3.63, 3.8) is 0 Å². The van der Waals surface area contributed by atoms with E-state index in [-0.39, 0.29) is 0 Å². The Kier molecular flexibility index (Phi) is 6.47. The van der Waals surface area contributed by atoms with Gasteiger partial charge in [0.2, 0.25) is 0 Å². The summed E-state index contributed by atoms with van der Waals surface area (Å²) in [4.78, 5) is 1.30.